The standard InChI is InChI=1S/C5H12NO5P/c1-3-4(7)11-5(2,6)12(8,9)10/h3,6H2,1-2H3,(H2,8,9,10). The molecule has 0 aromatic carbocycles. The molecular weight excluding hydrogens is 185 g/mol. The Hall–Kier alpha value is -0.420. The third-order valence-electron chi connectivity index (χ3n) is 1.19. The van der Waals surface area contributed by atoms with Gasteiger partial charge in [0.2, 0.25) is 0 Å². The maximum atomic E-state index is 10.6. The summed E-state index contributed by atoms with van der Waals surface area (Å²) in [7, 11) is -4.60. The van der Waals surface area contributed by atoms with Crippen LogP contribution in [0.25, 0.3) is 0 Å². The highest BCUT2D eigenvalue weighted by Gasteiger charge is 2.42. The number of nitrogens with two attached hydrogens (primary N) is 1. The molecule has 0 aliphatic rings. The number of esters is 1. The van der Waals surface area contributed by atoms with Crippen molar-refractivity contribution in [1.29, 1.82) is 0 Å². The van der Waals surface area contributed by atoms with Gasteiger partial charge < -0.3 is 14.5 Å². The molecular formula is C5H12NO5P. The monoisotopic (exact) mass is 197 g/mol. The van der Waals surface area contributed by atoms with Gasteiger partial charge in [0.1, 0.15) is 0 Å². The van der Waals surface area contributed by atoms with Crippen LogP contribution in [0.3, 0.4) is 0 Å². The van der Waals surface area contributed by atoms with Crippen molar-refractivity contribution in [2.75, 3.05) is 0 Å². The van der Waals surface area contributed by atoms with Crippen LogP contribution < -0.4 is 5.73 Å². The van der Waals surface area contributed by atoms with Crippen molar-refractivity contribution in [1.82, 2.24) is 0 Å². The zero-order valence-electron chi connectivity index (χ0n) is 6.85. The summed E-state index contributed by atoms with van der Waals surface area (Å²) in [5.41, 5.74) is 2.84. The first-order valence-electron chi connectivity index (χ1n) is 3.27. The Balaban J connectivity index is 4.44. The summed E-state index contributed by atoms with van der Waals surface area (Å²) in [6.07, 6.45) is 0.0206. The maximum absolute atomic E-state index is 10.6. The van der Waals surface area contributed by atoms with Gasteiger partial charge in [-0.25, -0.2) is 0 Å². The zero-order valence-corrected chi connectivity index (χ0v) is 7.75. The van der Waals surface area contributed by atoms with Crippen molar-refractivity contribution in [3.63, 3.8) is 0 Å². The van der Waals surface area contributed by atoms with Crippen LogP contribution in [-0.4, -0.2) is 21.2 Å². The Bertz CT molecular complexity index is 220. The molecule has 0 heterocycles. The van der Waals surface area contributed by atoms with Gasteiger partial charge in [-0.3, -0.25) is 15.1 Å². The van der Waals surface area contributed by atoms with Gasteiger partial charge >= 0.3 is 13.6 Å². The molecule has 12 heavy (non-hydrogen) atoms. The summed E-state index contributed by atoms with van der Waals surface area (Å²) >= 11 is 0. The van der Waals surface area contributed by atoms with Gasteiger partial charge in [-0.15, -0.1) is 0 Å². The average Bonchev–Trinajstić information content (AvgIpc) is 1.84. The van der Waals surface area contributed by atoms with E-state index in [0.29, 0.717) is 0 Å². The van der Waals surface area contributed by atoms with Gasteiger partial charge in [-0.1, -0.05) is 6.92 Å². The molecule has 0 spiro atoms. The summed E-state index contributed by atoms with van der Waals surface area (Å²) in [6.45, 7) is 2.46. The van der Waals surface area contributed by atoms with Crippen molar-refractivity contribution in [2.24, 2.45) is 5.73 Å². The van der Waals surface area contributed by atoms with Gasteiger partial charge in [-0.05, 0) is 0 Å². The smallest absolute Gasteiger partial charge is 0.383 e. The minimum Gasteiger partial charge on any atom is -0.432 e. The molecule has 0 aliphatic heterocycles. The number of hydrogen-bond donors (Lipinski definition) is 3. The van der Waals surface area contributed by atoms with Crippen LogP contribution in [0.15, 0.2) is 0 Å². The summed E-state index contributed by atoms with van der Waals surface area (Å²) in [5.74, 6) is -0.747. The lowest BCUT2D eigenvalue weighted by molar-refractivity contribution is -0.151. The summed E-state index contributed by atoms with van der Waals surface area (Å²) in [4.78, 5) is 27.8. The molecule has 0 saturated carbocycles. The predicted octanol–water partition coefficient (Wildman–Crippen LogP) is -0.250. The summed E-state index contributed by atoms with van der Waals surface area (Å²) in [5, 5.41) is 0. The van der Waals surface area contributed by atoms with E-state index in [0.717, 1.165) is 6.92 Å². The van der Waals surface area contributed by atoms with Crippen LogP contribution >= 0.6 is 7.60 Å². The molecule has 1 unspecified atom stereocenters. The van der Waals surface area contributed by atoms with E-state index in [-0.39, 0.29) is 6.42 Å². The van der Waals surface area contributed by atoms with E-state index in [1.54, 1.807) is 0 Å². The first kappa shape index (κ1) is 11.6. The van der Waals surface area contributed by atoms with Crippen molar-refractivity contribution in [3.8, 4) is 0 Å². The van der Waals surface area contributed by atoms with Crippen molar-refractivity contribution in [2.45, 2.75) is 25.7 Å². The van der Waals surface area contributed by atoms with E-state index in [1.807, 2.05) is 0 Å². The average molecular weight is 197 g/mol. The zero-order chi connectivity index (χ0) is 9.99. The van der Waals surface area contributed by atoms with E-state index < -0.39 is 19.0 Å². The molecule has 0 amide bonds. The molecule has 0 aromatic heterocycles. The topological polar surface area (TPSA) is 110 Å². The van der Waals surface area contributed by atoms with Crippen LogP contribution in [-0.2, 0) is 14.1 Å². The van der Waals surface area contributed by atoms with Crippen LogP contribution in [0, 0.1) is 0 Å². The van der Waals surface area contributed by atoms with Crippen molar-refractivity contribution < 1.29 is 23.9 Å². The van der Waals surface area contributed by atoms with Crippen LogP contribution in [0.5, 0.6) is 0 Å². The van der Waals surface area contributed by atoms with Crippen molar-refractivity contribution >= 4 is 13.6 Å². The second kappa shape index (κ2) is 3.53. The van der Waals surface area contributed by atoms with E-state index in [4.69, 9.17) is 15.5 Å². The Morgan fingerprint density at radius 3 is 2.33 bits per heavy atom. The lowest BCUT2D eigenvalue weighted by Gasteiger charge is -2.24. The number of hydrogen-bond acceptors (Lipinski definition) is 4. The molecule has 4 N–H and O–H groups in total. The first-order valence-corrected chi connectivity index (χ1v) is 4.88. The van der Waals surface area contributed by atoms with Crippen LogP contribution in [0.2, 0.25) is 0 Å². The second-order valence-electron chi connectivity index (χ2n) is 2.43. The number of carbonyl (C=O) groups excluding carboxylic acids is 1. The molecule has 0 bridgehead atoms. The van der Waals surface area contributed by atoms with Gasteiger partial charge in [-0.2, -0.15) is 0 Å². The fourth-order valence-electron chi connectivity index (χ4n) is 0.362. The highest BCUT2D eigenvalue weighted by atomic mass is 31.2. The van der Waals surface area contributed by atoms with Crippen LogP contribution in [0.1, 0.15) is 20.3 Å². The first-order chi connectivity index (χ1) is 5.20. The molecule has 0 fully saturated rings. The lowest BCUT2D eigenvalue weighted by atomic mass is 10.5. The molecule has 0 rings (SSSR count). The predicted molar refractivity (Wildman–Crippen MR) is 41.0 cm³/mol. The molecule has 0 aliphatic carbocycles. The third-order valence-corrected chi connectivity index (χ3v) is 2.44. The largest absolute Gasteiger partial charge is 0.432 e. The fraction of sp³-hybridized carbons (Fsp3) is 0.800. The molecule has 7 heteroatoms. The lowest BCUT2D eigenvalue weighted by Crippen LogP contribution is -2.40. The van der Waals surface area contributed by atoms with E-state index in [9.17, 15) is 9.36 Å². The van der Waals surface area contributed by atoms with Gasteiger partial charge in [0.15, 0.2) is 0 Å². The molecule has 0 radical (unpaired) electrons. The quantitative estimate of drug-likeness (QED) is 0.327. The normalized spacial score (nSPS) is 16.8. The second-order valence-corrected chi connectivity index (χ2v) is 4.40. The summed E-state index contributed by atoms with van der Waals surface area (Å²) in [6, 6.07) is 0. The highest BCUT2D eigenvalue weighted by molar-refractivity contribution is 7.53. The van der Waals surface area contributed by atoms with Gasteiger partial charge in [0.25, 0.3) is 5.47 Å². The highest BCUT2D eigenvalue weighted by Crippen LogP contribution is 2.47. The van der Waals surface area contributed by atoms with E-state index in [1.165, 1.54) is 6.92 Å². The number of carbonyl (C=O) groups is 1. The minimum atomic E-state index is -4.60. The Morgan fingerprint density at radius 2 is 2.08 bits per heavy atom. The fourth-order valence-corrected chi connectivity index (χ4v) is 0.583. The Kier molecular flexibility index (Phi) is 3.41. The molecule has 0 saturated heterocycles. The maximum Gasteiger partial charge on any atom is 0.383 e. The number of ether oxygens (including phenoxy) is 1. The SMILES string of the molecule is CCC(=O)OC(C)(N)P(=O)(O)O. The molecule has 0 aromatic rings. The molecule has 72 valence electrons. The third kappa shape index (κ3) is 2.91. The van der Waals surface area contributed by atoms with Gasteiger partial charge in [0, 0.05) is 13.3 Å². The van der Waals surface area contributed by atoms with Gasteiger partial charge in [0.05, 0.1) is 0 Å². The Labute approximate surface area is 69.9 Å². The van der Waals surface area contributed by atoms with E-state index in [2.05, 4.69) is 4.74 Å². The van der Waals surface area contributed by atoms with E-state index >= 15 is 0 Å². The minimum absolute atomic E-state index is 0.0206. The van der Waals surface area contributed by atoms with Crippen LogP contribution in [0.4, 0.5) is 0 Å². The molecule has 1 atom stereocenters. The molecule has 6 nitrogen and oxygen atoms in total. The number of rotatable bonds is 3. The van der Waals surface area contributed by atoms with Crippen molar-refractivity contribution in [3.05, 3.63) is 0 Å². The Morgan fingerprint density at radius 1 is 1.67 bits per heavy atom. The summed E-state index contributed by atoms with van der Waals surface area (Å²) < 4.78 is 14.9.